The van der Waals surface area contributed by atoms with Gasteiger partial charge in [-0.1, -0.05) is 26.0 Å². The van der Waals surface area contributed by atoms with Gasteiger partial charge in [0.25, 0.3) is 0 Å². The summed E-state index contributed by atoms with van der Waals surface area (Å²) in [7, 11) is 0. The molecule has 0 saturated carbocycles. The van der Waals surface area contributed by atoms with E-state index in [1.807, 2.05) is 16.9 Å². The first-order valence-corrected chi connectivity index (χ1v) is 6.49. The lowest BCUT2D eigenvalue weighted by Gasteiger charge is -2.10. The Morgan fingerprint density at radius 1 is 1.33 bits per heavy atom. The van der Waals surface area contributed by atoms with E-state index >= 15 is 0 Å². The molecule has 0 unspecified atom stereocenters. The van der Waals surface area contributed by atoms with Gasteiger partial charge in [-0.25, -0.2) is 0 Å². The predicted octanol–water partition coefficient (Wildman–Crippen LogP) is 3.20. The lowest BCUT2D eigenvalue weighted by atomic mass is 9.97. The highest BCUT2D eigenvalue weighted by Gasteiger charge is 2.06. The molecule has 2 aromatic rings. The number of anilines is 1. The van der Waals surface area contributed by atoms with Crippen molar-refractivity contribution in [2.45, 2.75) is 39.7 Å². The average molecular weight is 243 g/mol. The van der Waals surface area contributed by atoms with Crippen LogP contribution < -0.4 is 5.73 Å². The van der Waals surface area contributed by atoms with Gasteiger partial charge < -0.3 is 5.73 Å². The Balaban J connectivity index is 2.24. The van der Waals surface area contributed by atoms with Gasteiger partial charge in [0.1, 0.15) is 0 Å². The molecule has 0 spiro atoms. The molecule has 0 fully saturated rings. The number of nitrogen functional groups attached to an aromatic ring is 1. The summed E-state index contributed by atoms with van der Waals surface area (Å²) in [5, 5.41) is 4.29. The molecule has 2 N–H and O–H groups in total. The highest BCUT2D eigenvalue weighted by Crippen LogP contribution is 2.22. The van der Waals surface area contributed by atoms with E-state index in [-0.39, 0.29) is 0 Å². The SMILES string of the molecule is CCn1cc(Cc2cc(C(C)C)ccc2N)cn1. The average Bonchev–Trinajstić information content (AvgIpc) is 2.79. The van der Waals surface area contributed by atoms with E-state index in [0.717, 1.165) is 18.7 Å². The van der Waals surface area contributed by atoms with Gasteiger partial charge in [-0.2, -0.15) is 5.10 Å². The number of nitrogens with zero attached hydrogens (tertiary/aromatic N) is 2. The minimum Gasteiger partial charge on any atom is -0.398 e. The zero-order valence-corrected chi connectivity index (χ0v) is 11.4. The second kappa shape index (κ2) is 5.25. The molecule has 1 aromatic heterocycles. The first kappa shape index (κ1) is 12.7. The fourth-order valence-corrected chi connectivity index (χ4v) is 2.03. The third-order valence-electron chi connectivity index (χ3n) is 3.24. The quantitative estimate of drug-likeness (QED) is 0.838. The van der Waals surface area contributed by atoms with Crippen LogP contribution in [0.1, 0.15) is 43.4 Å². The van der Waals surface area contributed by atoms with E-state index in [0.29, 0.717) is 5.92 Å². The van der Waals surface area contributed by atoms with Crippen molar-refractivity contribution < 1.29 is 0 Å². The highest BCUT2D eigenvalue weighted by atomic mass is 15.3. The molecule has 0 bridgehead atoms. The standard InChI is InChI=1S/C15H21N3/c1-4-18-10-12(9-17-18)7-14-8-13(11(2)3)5-6-15(14)16/h5-6,8-11H,4,7,16H2,1-3H3. The van der Waals surface area contributed by atoms with Crippen LogP contribution in [-0.4, -0.2) is 9.78 Å². The molecule has 0 aliphatic heterocycles. The molecule has 2 rings (SSSR count). The van der Waals surface area contributed by atoms with Gasteiger partial charge in [0.2, 0.25) is 0 Å². The van der Waals surface area contributed by atoms with Crippen molar-refractivity contribution >= 4 is 5.69 Å². The summed E-state index contributed by atoms with van der Waals surface area (Å²) in [6, 6.07) is 6.33. The number of aryl methyl sites for hydroxylation is 1. The molecular weight excluding hydrogens is 222 g/mol. The number of benzene rings is 1. The normalized spacial score (nSPS) is 11.1. The maximum absolute atomic E-state index is 6.05. The Morgan fingerprint density at radius 3 is 2.72 bits per heavy atom. The van der Waals surface area contributed by atoms with Crippen molar-refractivity contribution in [2.24, 2.45) is 0 Å². The van der Waals surface area contributed by atoms with Gasteiger partial charge in [-0.05, 0) is 35.6 Å². The lowest BCUT2D eigenvalue weighted by molar-refractivity contribution is 0.659. The molecule has 0 aliphatic rings. The summed E-state index contributed by atoms with van der Waals surface area (Å²) >= 11 is 0. The molecule has 1 aromatic carbocycles. The Morgan fingerprint density at radius 2 is 2.11 bits per heavy atom. The molecule has 3 nitrogen and oxygen atoms in total. The van der Waals surface area contributed by atoms with Crippen LogP contribution in [0, 0.1) is 0 Å². The minimum atomic E-state index is 0.530. The fraction of sp³-hybridized carbons (Fsp3) is 0.400. The zero-order chi connectivity index (χ0) is 13.1. The van der Waals surface area contributed by atoms with Gasteiger partial charge in [0, 0.05) is 24.8 Å². The molecule has 0 amide bonds. The largest absolute Gasteiger partial charge is 0.398 e. The smallest absolute Gasteiger partial charge is 0.0525 e. The molecule has 0 aliphatic carbocycles. The maximum atomic E-state index is 6.05. The summed E-state index contributed by atoms with van der Waals surface area (Å²) in [5.41, 5.74) is 10.7. The Hall–Kier alpha value is -1.77. The first-order valence-electron chi connectivity index (χ1n) is 6.49. The van der Waals surface area contributed by atoms with Crippen molar-refractivity contribution in [3.05, 3.63) is 47.3 Å². The molecule has 18 heavy (non-hydrogen) atoms. The third-order valence-corrected chi connectivity index (χ3v) is 3.24. The van der Waals surface area contributed by atoms with Crippen molar-refractivity contribution in [1.29, 1.82) is 0 Å². The van der Waals surface area contributed by atoms with Crippen molar-refractivity contribution in [3.8, 4) is 0 Å². The summed E-state index contributed by atoms with van der Waals surface area (Å²) in [6.07, 6.45) is 4.86. The number of hydrogen-bond donors (Lipinski definition) is 1. The van der Waals surface area contributed by atoms with Crippen LogP contribution in [0.15, 0.2) is 30.6 Å². The summed E-state index contributed by atoms with van der Waals surface area (Å²) in [6.45, 7) is 7.39. The van der Waals surface area contributed by atoms with Gasteiger partial charge in [-0.3, -0.25) is 4.68 Å². The van der Waals surface area contributed by atoms with Crippen molar-refractivity contribution in [3.63, 3.8) is 0 Å². The lowest BCUT2D eigenvalue weighted by Crippen LogP contribution is -1.98. The van der Waals surface area contributed by atoms with E-state index in [2.05, 4.69) is 44.2 Å². The maximum Gasteiger partial charge on any atom is 0.0525 e. The third kappa shape index (κ3) is 2.73. The molecule has 1 heterocycles. The van der Waals surface area contributed by atoms with Crippen LogP contribution in [0.5, 0.6) is 0 Å². The zero-order valence-electron chi connectivity index (χ0n) is 11.4. The van der Waals surface area contributed by atoms with Crippen LogP contribution in [-0.2, 0) is 13.0 Å². The Bertz CT molecular complexity index is 526. The number of rotatable bonds is 4. The Labute approximate surface area is 109 Å². The van der Waals surface area contributed by atoms with Gasteiger partial charge in [-0.15, -0.1) is 0 Å². The molecule has 96 valence electrons. The van der Waals surface area contributed by atoms with Crippen LogP contribution in [0.2, 0.25) is 0 Å². The second-order valence-corrected chi connectivity index (χ2v) is 4.99. The van der Waals surface area contributed by atoms with E-state index in [1.54, 1.807) is 0 Å². The van der Waals surface area contributed by atoms with Crippen molar-refractivity contribution in [1.82, 2.24) is 9.78 Å². The number of hydrogen-bond acceptors (Lipinski definition) is 2. The van der Waals surface area contributed by atoms with Gasteiger partial charge >= 0.3 is 0 Å². The number of nitrogens with two attached hydrogens (primary N) is 1. The van der Waals surface area contributed by atoms with Crippen molar-refractivity contribution in [2.75, 3.05) is 5.73 Å². The van der Waals surface area contributed by atoms with Crippen LogP contribution >= 0.6 is 0 Å². The van der Waals surface area contributed by atoms with E-state index in [4.69, 9.17) is 5.73 Å². The fourth-order valence-electron chi connectivity index (χ4n) is 2.03. The predicted molar refractivity (Wildman–Crippen MR) is 75.7 cm³/mol. The monoisotopic (exact) mass is 243 g/mol. The molecule has 0 saturated heterocycles. The van der Waals surface area contributed by atoms with Gasteiger partial charge in [0.15, 0.2) is 0 Å². The topological polar surface area (TPSA) is 43.8 Å². The van der Waals surface area contributed by atoms with Crippen LogP contribution in [0.25, 0.3) is 0 Å². The number of aromatic nitrogens is 2. The summed E-state index contributed by atoms with van der Waals surface area (Å²) in [5.74, 6) is 0.530. The minimum absolute atomic E-state index is 0.530. The van der Waals surface area contributed by atoms with Gasteiger partial charge in [0.05, 0.1) is 6.20 Å². The second-order valence-electron chi connectivity index (χ2n) is 4.99. The molecule has 3 heteroatoms. The van der Waals surface area contributed by atoms with E-state index in [9.17, 15) is 0 Å². The molecular formula is C15H21N3. The summed E-state index contributed by atoms with van der Waals surface area (Å²) in [4.78, 5) is 0. The van der Waals surface area contributed by atoms with Crippen LogP contribution in [0.4, 0.5) is 5.69 Å². The van der Waals surface area contributed by atoms with E-state index < -0.39 is 0 Å². The first-order chi connectivity index (χ1) is 8.60. The summed E-state index contributed by atoms with van der Waals surface area (Å²) < 4.78 is 1.94. The molecule has 0 atom stereocenters. The Kier molecular flexibility index (Phi) is 3.70. The van der Waals surface area contributed by atoms with E-state index in [1.165, 1.54) is 16.7 Å². The molecule has 0 radical (unpaired) electrons. The van der Waals surface area contributed by atoms with Crippen LogP contribution in [0.3, 0.4) is 0 Å². The highest BCUT2D eigenvalue weighted by molar-refractivity contribution is 5.50.